The highest BCUT2D eigenvalue weighted by Crippen LogP contribution is 2.24. The molecule has 0 aliphatic carbocycles. The zero-order valence-electron chi connectivity index (χ0n) is 9.25. The van der Waals surface area contributed by atoms with E-state index < -0.39 is 0 Å². The summed E-state index contributed by atoms with van der Waals surface area (Å²) in [7, 11) is 3.31. The Labute approximate surface area is 90.4 Å². The standard InChI is InChI=1S/C11H18N2O2/c1-14-7-3-6-13-9-4-5-10(12)11(8-9)15-2/h4-5,8,13H,3,6-7,12H2,1-2H3. The number of nitrogen functional groups attached to an aromatic ring is 1. The van der Waals surface area contributed by atoms with E-state index in [2.05, 4.69) is 5.32 Å². The second-order valence-corrected chi connectivity index (χ2v) is 3.23. The zero-order valence-corrected chi connectivity index (χ0v) is 9.25. The van der Waals surface area contributed by atoms with Gasteiger partial charge in [0.05, 0.1) is 12.8 Å². The molecule has 3 N–H and O–H groups in total. The van der Waals surface area contributed by atoms with Crippen LogP contribution in [0.15, 0.2) is 18.2 Å². The van der Waals surface area contributed by atoms with Crippen molar-refractivity contribution in [2.24, 2.45) is 0 Å². The van der Waals surface area contributed by atoms with Crippen molar-refractivity contribution >= 4 is 11.4 Å². The predicted molar refractivity (Wildman–Crippen MR) is 62.4 cm³/mol. The quantitative estimate of drug-likeness (QED) is 0.554. The molecule has 0 atom stereocenters. The van der Waals surface area contributed by atoms with Crippen molar-refractivity contribution in [3.05, 3.63) is 18.2 Å². The maximum atomic E-state index is 5.70. The number of nitrogens with two attached hydrogens (primary N) is 1. The molecule has 0 amide bonds. The van der Waals surface area contributed by atoms with Crippen LogP contribution in [0, 0.1) is 0 Å². The molecule has 1 aromatic rings. The van der Waals surface area contributed by atoms with Gasteiger partial charge in [-0.2, -0.15) is 0 Å². The molecule has 0 aliphatic rings. The smallest absolute Gasteiger partial charge is 0.143 e. The van der Waals surface area contributed by atoms with E-state index in [1.807, 2.05) is 18.2 Å². The van der Waals surface area contributed by atoms with Gasteiger partial charge in [0.1, 0.15) is 5.75 Å². The molecular formula is C11H18N2O2. The third-order valence-corrected chi connectivity index (χ3v) is 2.09. The minimum Gasteiger partial charge on any atom is -0.495 e. The van der Waals surface area contributed by atoms with E-state index in [1.54, 1.807) is 14.2 Å². The third kappa shape index (κ3) is 3.67. The van der Waals surface area contributed by atoms with Crippen LogP contribution >= 0.6 is 0 Å². The van der Waals surface area contributed by atoms with Gasteiger partial charge in [-0.1, -0.05) is 0 Å². The number of methoxy groups -OCH3 is 2. The monoisotopic (exact) mass is 210 g/mol. The number of anilines is 2. The lowest BCUT2D eigenvalue weighted by molar-refractivity contribution is 0.198. The van der Waals surface area contributed by atoms with E-state index in [1.165, 1.54) is 0 Å². The lowest BCUT2D eigenvalue weighted by atomic mass is 10.2. The summed E-state index contributed by atoms with van der Waals surface area (Å²) in [4.78, 5) is 0. The second kappa shape index (κ2) is 6.14. The normalized spacial score (nSPS) is 10.0. The Hall–Kier alpha value is -1.42. The molecule has 84 valence electrons. The van der Waals surface area contributed by atoms with Crippen molar-refractivity contribution in [2.45, 2.75) is 6.42 Å². The van der Waals surface area contributed by atoms with Gasteiger partial charge in [-0.05, 0) is 18.6 Å². The average molecular weight is 210 g/mol. The van der Waals surface area contributed by atoms with Crippen molar-refractivity contribution in [1.82, 2.24) is 0 Å². The maximum absolute atomic E-state index is 5.70. The first-order chi connectivity index (χ1) is 7.27. The van der Waals surface area contributed by atoms with Gasteiger partial charge in [0.2, 0.25) is 0 Å². The summed E-state index contributed by atoms with van der Waals surface area (Å²) in [5.74, 6) is 0.701. The Morgan fingerprint density at radius 3 is 2.80 bits per heavy atom. The molecule has 1 aromatic carbocycles. The van der Waals surface area contributed by atoms with Crippen LogP contribution in [-0.4, -0.2) is 27.4 Å². The van der Waals surface area contributed by atoms with Crippen LogP contribution in [0.4, 0.5) is 11.4 Å². The SMILES string of the molecule is COCCCNc1ccc(N)c(OC)c1. The summed E-state index contributed by atoms with van der Waals surface area (Å²) >= 11 is 0. The molecule has 0 saturated heterocycles. The number of benzene rings is 1. The van der Waals surface area contributed by atoms with Gasteiger partial charge in [0.25, 0.3) is 0 Å². The Morgan fingerprint density at radius 2 is 2.13 bits per heavy atom. The van der Waals surface area contributed by atoms with E-state index in [4.69, 9.17) is 15.2 Å². The number of rotatable bonds is 6. The number of nitrogens with one attached hydrogen (secondary N) is 1. The van der Waals surface area contributed by atoms with Gasteiger partial charge in [-0.3, -0.25) is 0 Å². The summed E-state index contributed by atoms with van der Waals surface area (Å²) < 4.78 is 10.1. The van der Waals surface area contributed by atoms with E-state index >= 15 is 0 Å². The lowest BCUT2D eigenvalue weighted by Gasteiger charge is -2.09. The van der Waals surface area contributed by atoms with E-state index in [-0.39, 0.29) is 0 Å². The summed E-state index contributed by atoms with van der Waals surface area (Å²) in [6, 6.07) is 5.66. The van der Waals surface area contributed by atoms with Crippen molar-refractivity contribution < 1.29 is 9.47 Å². The fraction of sp³-hybridized carbons (Fsp3) is 0.455. The molecule has 15 heavy (non-hydrogen) atoms. The van der Waals surface area contributed by atoms with Gasteiger partial charge >= 0.3 is 0 Å². The molecule has 0 aliphatic heterocycles. The van der Waals surface area contributed by atoms with Crippen LogP contribution in [-0.2, 0) is 4.74 Å². The second-order valence-electron chi connectivity index (χ2n) is 3.23. The first-order valence-corrected chi connectivity index (χ1v) is 4.94. The molecule has 0 radical (unpaired) electrons. The molecule has 4 heteroatoms. The lowest BCUT2D eigenvalue weighted by Crippen LogP contribution is -2.05. The van der Waals surface area contributed by atoms with E-state index in [0.717, 1.165) is 25.3 Å². The van der Waals surface area contributed by atoms with Gasteiger partial charge in [0.15, 0.2) is 0 Å². The summed E-state index contributed by atoms with van der Waals surface area (Å²) in [5, 5.41) is 3.27. The maximum Gasteiger partial charge on any atom is 0.143 e. The number of ether oxygens (including phenoxy) is 2. The number of hydrogen-bond acceptors (Lipinski definition) is 4. The molecule has 0 fully saturated rings. The van der Waals surface area contributed by atoms with Crippen molar-refractivity contribution in [3.63, 3.8) is 0 Å². The summed E-state index contributed by atoms with van der Waals surface area (Å²) in [6.45, 7) is 1.64. The molecular weight excluding hydrogens is 192 g/mol. The molecule has 4 nitrogen and oxygen atoms in total. The van der Waals surface area contributed by atoms with Gasteiger partial charge < -0.3 is 20.5 Å². The Bertz CT molecular complexity index is 303. The number of hydrogen-bond donors (Lipinski definition) is 2. The van der Waals surface area contributed by atoms with E-state index in [9.17, 15) is 0 Å². The van der Waals surface area contributed by atoms with Crippen LogP contribution in [0.25, 0.3) is 0 Å². The molecule has 0 unspecified atom stereocenters. The molecule has 0 saturated carbocycles. The zero-order chi connectivity index (χ0) is 11.1. The fourth-order valence-corrected chi connectivity index (χ4v) is 1.27. The van der Waals surface area contributed by atoms with E-state index in [0.29, 0.717) is 11.4 Å². The molecule has 0 aromatic heterocycles. The largest absolute Gasteiger partial charge is 0.495 e. The minimum atomic E-state index is 0.653. The Morgan fingerprint density at radius 1 is 1.33 bits per heavy atom. The van der Waals surface area contributed by atoms with Gasteiger partial charge in [-0.25, -0.2) is 0 Å². The van der Waals surface area contributed by atoms with Gasteiger partial charge in [0, 0.05) is 32.0 Å². The molecule has 0 spiro atoms. The van der Waals surface area contributed by atoms with Crippen molar-refractivity contribution in [2.75, 3.05) is 38.4 Å². The Balaban J connectivity index is 2.47. The van der Waals surface area contributed by atoms with Crippen LogP contribution in [0.5, 0.6) is 5.75 Å². The first-order valence-electron chi connectivity index (χ1n) is 4.94. The first kappa shape index (κ1) is 11.7. The predicted octanol–water partition coefficient (Wildman–Crippen LogP) is 1.73. The van der Waals surface area contributed by atoms with Crippen LogP contribution in [0.1, 0.15) is 6.42 Å². The van der Waals surface area contributed by atoms with Crippen LogP contribution in [0.3, 0.4) is 0 Å². The highest BCUT2D eigenvalue weighted by molar-refractivity contribution is 5.61. The van der Waals surface area contributed by atoms with Crippen molar-refractivity contribution in [1.29, 1.82) is 0 Å². The van der Waals surface area contributed by atoms with Gasteiger partial charge in [-0.15, -0.1) is 0 Å². The summed E-state index contributed by atoms with van der Waals surface area (Å²) in [6.07, 6.45) is 0.975. The summed E-state index contributed by atoms with van der Waals surface area (Å²) in [5.41, 5.74) is 7.37. The minimum absolute atomic E-state index is 0.653. The third-order valence-electron chi connectivity index (χ3n) is 2.09. The highest BCUT2D eigenvalue weighted by atomic mass is 16.5. The van der Waals surface area contributed by atoms with Crippen LogP contribution < -0.4 is 15.8 Å². The molecule has 0 bridgehead atoms. The fourth-order valence-electron chi connectivity index (χ4n) is 1.27. The van der Waals surface area contributed by atoms with Crippen LogP contribution in [0.2, 0.25) is 0 Å². The highest BCUT2D eigenvalue weighted by Gasteiger charge is 1.99. The Kier molecular flexibility index (Phi) is 4.77. The molecule has 0 heterocycles. The topological polar surface area (TPSA) is 56.5 Å². The molecule has 1 rings (SSSR count). The average Bonchev–Trinajstić information content (AvgIpc) is 2.26. The van der Waals surface area contributed by atoms with Crippen molar-refractivity contribution in [3.8, 4) is 5.75 Å².